The standard InChI is InChI=1S/C19H15FN4O3S/c1-12(25-15-9-7-14(20)8-10-15)18-22-23-19(26-18)28-11-16-21-17(24-27-16)13-5-3-2-4-6-13/h2-10,12H,11H2,1H3/t12-/m0/s1. The Morgan fingerprint density at radius 3 is 2.64 bits per heavy atom. The Bertz CT molecular complexity index is 1040. The summed E-state index contributed by atoms with van der Waals surface area (Å²) in [5.41, 5.74) is 0.884. The minimum Gasteiger partial charge on any atom is -0.481 e. The number of benzene rings is 2. The van der Waals surface area contributed by atoms with Crippen molar-refractivity contribution in [2.45, 2.75) is 24.0 Å². The van der Waals surface area contributed by atoms with E-state index in [1.54, 1.807) is 6.92 Å². The summed E-state index contributed by atoms with van der Waals surface area (Å²) < 4.78 is 29.5. The predicted octanol–water partition coefficient (Wildman–Crippen LogP) is 4.69. The average Bonchev–Trinajstić information content (AvgIpc) is 3.38. The summed E-state index contributed by atoms with van der Waals surface area (Å²) >= 11 is 1.29. The smallest absolute Gasteiger partial charge is 0.277 e. The van der Waals surface area contributed by atoms with Gasteiger partial charge in [0.1, 0.15) is 11.6 Å². The molecule has 9 heteroatoms. The lowest BCUT2D eigenvalue weighted by Crippen LogP contribution is -2.03. The summed E-state index contributed by atoms with van der Waals surface area (Å²) in [5.74, 6) is 1.90. The Morgan fingerprint density at radius 1 is 1.07 bits per heavy atom. The highest BCUT2D eigenvalue weighted by molar-refractivity contribution is 7.98. The van der Waals surface area contributed by atoms with Crippen molar-refractivity contribution < 1.29 is 18.1 Å². The van der Waals surface area contributed by atoms with Gasteiger partial charge in [-0.2, -0.15) is 4.98 Å². The minimum absolute atomic E-state index is 0.322. The van der Waals surface area contributed by atoms with Crippen LogP contribution in [0.2, 0.25) is 0 Å². The topological polar surface area (TPSA) is 87.1 Å². The van der Waals surface area contributed by atoms with Gasteiger partial charge in [-0.05, 0) is 31.2 Å². The molecule has 0 spiro atoms. The maximum Gasteiger partial charge on any atom is 0.277 e. The van der Waals surface area contributed by atoms with Crippen molar-refractivity contribution in [2.24, 2.45) is 0 Å². The van der Waals surface area contributed by atoms with Gasteiger partial charge in [-0.3, -0.25) is 0 Å². The third-order valence-electron chi connectivity index (χ3n) is 3.72. The number of nitrogens with zero attached hydrogens (tertiary/aromatic N) is 4. The number of aromatic nitrogens is 4. The van der Waals surface area contributed by atoms with Crippen molar-refractivity contribution in [3.63, 3.8) is 0 Å². The van der Waals surface area contributed by atoms with E-state index in [1.807, 2.05) is 30.3 Å². The largest absolute Gasteiger partial charge is 0.481 e. The molecule has 0 radical (unpaired) electrons. The van der Waals surface area contributed by atoms with Crippen LogP contribution in [0.4, 0.5) is 4.39 Å². The fourth-order valence-corrected chi connectivity index (χ4v) is 2.96. The summed E-state index contributed by atoms with van der Waals surface area (Å²) in [5, 5.41) is 12.3. The first-order valence-electron chi connectivity index (χ1n) is 8.44. The summed E-state index contributed by atoms with van der Waals surface area (Å²) in [6.07, 6.45) is -0.472. The van der Waals surface area contributed by atoms with E-state index < -0.39 is 6.10 Å². The van der Waals surface area contributed by atoms with Crippen molar-refractivity contribution in [3.8, 4) is 17.1 Å². The number of thioether (sulfide) groups is 1. The second-order valence-electron chi connectivity index (χ2n) is 5.79. The van der Waals surface area contributed by atoms with E-state index in [9.17, 15) is 4.39 Å². The Kier molecular flexibility index (Phi) is 5.34. The van der Waals surface area contributed by atoms with Crippen molar-refractivity contribution in [2.75, 3.05) is 0 Å². The van der Waals surface area contributed by atoms with Crippen LogP contribution in [0.5, 0.6) is 5.75 Å². The van der Waals surface area contributed by atoms with Crippen LogP contribution in [0.25, 0.3) is 11.4 Å². The van der Waals surface area contributed by atoms with Crippen LogP contribution in [-0.4, -0.2) is 20.3 Å². The van der Waals surface area contributed by atoms with E-state index in [0.717, 1.165) is 5.56 Å². The molecule has 0 N–H and O–H groups in total. The van der Waals surface area contributed by atoms with Crippen LogP contribution < -0.4 is 4.74 Å². The van der Waals surface area contributed by atoms with Gasteiger partial charge in [-0.1, -0.05) is 47.3 Å². The Labute approximate surface area is 163 Å². The minimum atomic E-state index is -0.472. The van der Waals surface area contributed by atoms with Crippen molar-refractivity contribution in [1.29, 1.82) is 0 Å². The molecule has 0 aliphatic rings. The molecule has 4 rings (SSSR count). The van der Waals surface area contributed by atoms with E-state index in [1.165, 1.54) is 36.0 Å². The quantitative estimate of drug-likeness (QED) is 0.414. The van der Waals surface area contributed by atoms with E-state index in [0.29, 0.717) is 34.3 Å². The molecule has 0 bridgehead atoms. The Morgan fingerprint density at radius 2 is 1.86 bits per heavy atom. The van der Waals surface area contributed by atoms with Crippen LogP contribution in [0.15, 0.2) is 68.8 Å². The lowest BCUT2D eigenvalue weighted by atomic mass is 10.2. The second-order valence-corrected chi connectivity index (χ2v) is 6.71. The summed E-state index contributed by atoms with van der Waals surface area (Å²) in [4.78, 5) is 4.36. The molecule has 2 heterocycles. The normalized spacial score (nSPS) is 12.1. The van der Waals surface area contributed by atoms with Gasteiger partial charge in [0.2, 0.25) is 11.7 Å². The molecule has 2 aromatic carbocycles. The van der Waals surface area contributed by atoms with Gasteiger partial charge in [0, 0.05) is 5.56 Å². The predicted molar refractivity (Wildman–Crippen MR) is 99.0 cm³/mol. The maximum atomic E-state index is 13.0. The van der Waals surface area contributed by atoms with Crippen molar-refractivity contribution in [3.05, 3.63) is 72.2 Å². The van der Waals surface area contributed by atoms with Gasteiger partial charge in [0.05, 0.1) is 5.75 Å². The monoisotopic (exact) mass is 398 g/mol. The molecule has 0 unspecified atom stereocenters. The van der Waals surface area contributed by atoms with Crippen molar-refractivity contribution in [1.82, 2.24) is 20.3 Å². The molecule has 142 valence electrons. The van der Waals surface area contributed by atoms with E-state index in [-0.39, 0.29) is 5.82 Å². The van der Waals surface area contributed by atoms with Crippen LogP contribution in [-0.2, 0) is 5.75 Å². The molecule has 0 aliphatic heterocycles. The van der Waals surface area contributed by atoms with E-state index in [2.05, 4.69) is 20.3 Å². The average molecular weight is 398 g/mol. The van der Waals surface area contributed by atoms with E-state index >= 15 is 0 Å². The molecule has 1 atom stereocenters. The van der Waals surface area contributed by atoms with Gasteiger partial charge in [0.25, 0.3) is 11.1 Å². The maximum absolute atomic E-state index is 13.0. The van der Waals surface area contributed by atoms with Gasteiger partial charge in [-0.25, -0.2) is 4.39 Å². The first-order valence-corrected chi connectivity index (χ1v) is 9.42. The van der Waals surface area contributed by atoms with Crippen LogP contribution in [0.3, 0.4) is 0 Å². The SMILES string of the molecule is C[C@H](Oc1ccc(F)cc1)c1nnc(SCc2nc(-c3ccccc3)no2)o1. The molecule has 2 aromatic heterocycles. The number of ether oxygens (including phenoxy) is 1. The highest BCUT2D eigenvalue weighted by atomic mass is 32.2. The van der Waals surface area contributed by atoms with Crippen LogP contribution in [0.1, 0.15) is 24.8 Å². The molecule has 0 saturated heterocycles. The summed E-state index contributed by atoms with van der Waals surface area (Å²) in [6, 6.07) is 15.3. The molecule has 0 amide bonds. The van der Waals surface area contributed by atoms with Crippen LogP contribution in [0, 0.1) is 5.82 Å². The lowest BCUT2D eigenvalue weighted by Gasteiger charge is -2.10. The fraction of sp³-hybridized carbons (Fsp3) is 0.158. The second kappa shape index (κ2) is 8.22. The molecule has 0 fully saturated rings. The van der Waals surface area contributed by atoms with Gasteiger partial charge in [-0.15, -0.1) is 10.2 Å². The highest BCUT2D eigenvalue weighted by Gasteiger charge is 2.17. The zero-order chi connectivity index (χ0) is 19.3. The Hall–Kier alpha value is -3.20. The van der Waals surface area contributed by atoms with E-state index in [4.69, 9.17) is 13.7 Å². The summed E-state index contributed by atoms with van der Waals surface area (Å²) in [6.45, 7) is 1.77. The van der Waals surface area contributed by atoms with Crippen LogP contribution >= 0.6 is 11.8 Å². The highest BCUT2D eigenvalue weighted by Crippen LogP contribution is 2.26. The van der Waals surface area contributed by atoms with Crippen molar-refractivity contribution >= 4 is 11.8 Å². The molecule has 0 aliphatic carbocycles. The molecular weight excluding hydrogens is 383 g/mol. The number of hydrogen-bond acceptors (Lipinski definition) is 8. The van der Waals surface area contributed by atoms with Gasteiger partial charge in [0.15, 0.2) is 6.10 Å². The number of rotatable bonds is 7. The van der Waals surface area contributed by atoms with Gasteiger partial charge < -0.3 is 13.7 Å². The molecular formula is C19H15FN4O3S. The number of hydrogen-bond donors (Lipinski definition) is 0. The molecule has 7 nitrogen and oxygen atoms in total. The third kappa shape index (κ3) is 4.37. The summed E-state index contributed by atoms with van der Waals surface area (Å²) in [7, 11) is 0. The molecule has 4 aromatic rings. The molecule has 0 saturated carbocycles. The molecule has 28 heavy (non-hydrogen) atoms. The first-order chi connectivity index (χ1) is 13.7. The first kappa shape index (κ1) is 18.2. The zero-order valence-corrected chi connectivity index (χ0v) is 15.6. The fourth-order valence-electron chi connectivity index (χ4n) is 2.35. The third-order valence-corrected chi connectivity index (χ3v) is 4.52. The lowest BCUT2D eigenvalue weighted by molar-refractivity contribution is 0.181. The zero-order valence-electron chi connectivity index (χ0n) is 14.8. The number of halogens is 1. The van der Waals surface area contributed by atoms with Gasteiger partial charge >= 0.3 is 0 Å². The Balaban J connectivity index is 1.35.